The maximum Gasteiger partial charge on any atom is 0.264 e. The van der Waals surface area contributed by atoms with Crippen molar-refractivity contribution < 1.29 is 4.79 Å². The van der Waals surface area contributed by atoms with Gasteiger partial charge in [-0.25, -0.2) is 9.67 Å². The van der Waals surface area contributed by atoms with Crippen molar-refractivity contribution in [3.63, 3.8) is 0 Å². The Hall–Kier alpha value is -3.74. The fraction of sp³-hybridized carbons (Fsp3) is 0.217. The summed E-state index contributed by atoms with van der Waals surface area (Å²) >= 11 is 0. The van der Waals surface area contributed by atoms with Gasteiger partial charge < -0.3 is 5.32 Å². The van der Waals surface area contributed by atoms with E-state index in [1.54, 1.807) is 4.68 Å². The molecule has 7 heteroatoms. The topological polar surface area (TPSA) is 81.8 Å². The van der Waals surface area contributed by atoms with E-state index in [4.69, 9.17) is 0 Å². The molecule has 0 aliphatic carbocycles. The van der Waals surface area contributed by atoms with Crippen LogP contribution in [0.5, 0.6) is 0 Å². The lowest BCUT2D eigenvalue weighted by molar-refractivity contribution is -0.122. The number of amides is 1. The Balaban J connectivity index is 1.54. The predicted molar refractivity (Wildman–Crippen MR) is 116 cm³/mol. The third kappa shape index (κ3) is 3.74. The highest BCUT2D eigenvalue weighted by molar-refractivity contribution is 5.78. The third-order valence-corrected chi connectivity index (χ3v) is 5.28. The number of fused-ring (bicyclic) bond motifs is 1. The Morgan fingerprint density at radius 1 is 1.10 bits per heavy atom. The molecule has 1 atom stereocenters. The second-order valence-electron chi connectivity index (χ2n) is 7.44. The van der Waals surface area contributed by atoms with Gasteiger partial charge in [0.2, 0.25) is 5.91 Å². The van der Waals surface area contributed by atoms with Gasteiger partial charge in [0.15, 0.2) is 5.65 Å². The zero-order valence-corrected chi connectivity index (χ0v) is 17.2. The molecule has 4 aromatic rings. The van der Waals surface area contributed by atoms with E-state index in [9.17, 15) is 9.59 Å². The van der Waals surface area contributed by atoms with Crippen LogP contribution in [-0.4, -0.2) is 25.2 Å². The first kappa shape index (κ1) is 19.6. The second-order valence-corrected chi connectivity index (χ2v) is 7.44. The molecule has 0 radical (unpaired) electrons. The van der Waals surface area contributed by atoms with E-state index >= 15 is 0 Å². The minimum Gasteiger partial charge on any atom is -0.348 e. The lowest BCUT2D eigenvalue weighted by Gasteiger charge is -2.16. The Morgan fingerprint density at radius 2 is 1.87 bits per heavy atom. The molecule has 2 aromatic heterocycles. The van der Waals surface area contributed by atoms with Gasteiger partial charge in [-0.05, 0) is 49.6 Å². The van der Waals surface area contributed by atoms with Crippen molar-refractivity contribution in [3.8, 4) is 5.69 Å². The number of aryl methyl sites for hydroxylation is 2. The molecular weight excluding hydrogens is 378 g/mol. The number of hydrogen-bond donors (Lipinski definition) is 1. The van der Waals surface area contributed by atoms with Gasteiger partial charge in [0, 0.05) is 0 Å². The van der Waals surface area contributed by atoms with E-state index < -0.39 is 0 Å². The Morgan fingerprint density at radius 3 is 2.60 bits per heavy atom. The van der Waals surface area contributed by atoms with Gasteiger partial charge in [-0.2, -0.15) is 5.10 Å². The van der Waals surface area contributed by atoms with Gasteiger partial charge in [0.05, 0.1) is 17.9 Å². The number of aromatic nitrogens is 4. The number of nitrogens with one attached hydrogen (secondary N) is 1. The second kappa shape index (κ2) is 7.94. The number of hydrogen-bond acceptors (Lipinski definition) is 4. The molecule has 2 aromatic carbocycles. The van der Waals surface area contributed by atoms with Crippen LogP contribution in [0.25, 0.3) is 16.7 Å². The predicted octanol–water partition coefficient (Wildman–Crippen LogP) is 3.08. The van der Waals surface area contributed by atoms with Crippen molar-refractivity contribution in [3.05, 3.63) is 88.1 Å². The molecular formula is C23H23N5O2. The molecule has 1 N–H and O–H groups in total. The van der Waals surface area contributed by atoms with E-state index in [1.165, 1.54) is 28.2 Å². The van der Waals surface area contributed by atoms with Gasteiger partial charge in [-0.1, -0.05) is 36.4 Å². The summed E-state index contributed by atoms with van der Waals surface area (Å²) in [5.41, 5.74) is 4.39. The van der Waals surface area contributed by atoms with Crippen molar-refractivity contribution in [1.29, 1.82) is 0 Å². The normalized spacial score (nSPS) is 12.1. The number of carbonyl (C=O) groups excluding carboxylic acids is 1. The van der Waals surface area contributed by atoms with Gasteiger partial charge >= 0.3 is 0 Å². The minimum absolute atomic E-state index is 0.104. The average molecular weight is 401 g/mol. The lowest BCUT2D eigenvalue weighted by atomic mass is 10.0. The summed E-state index contributed by atoms with van der Waals surface area (Å²) in [6, 6.07) is 15.4. The van der Waals surface area contributed by atoms with Crippen LogP contribution < -0.4 is 10.9 Å². The molecule has 30 heavy (non-hydrogen) atoms. The third-order valence-electron chi connectivity index (χ3n) is 5.28. The largest absolute Gasteiger partial charge is 0.348 e. The fourth-order valence-electron chi connectivity index (χ4n) is 3.38. The van der Waals surface area contributed by atoms with Gasteiger partial charge in [-0.3, -0.25) is 14.2 Å². The number of rotatable bonds is 5. The number of para-hydroxylation sites is 1. The zero-order chi connectivity index (χ0) is 21.3. The first-order chi connectivity index (χ1) is 14.4. The molecule has 0 unspecified atom stereocenters. The van der Waals surface area contributed by atoms with Crippen LogP contribution in [-0.2, 0) is 11.3 Å². The van der Waals surface area contributed by atoms with Crippen LogP contribution in [0.3, 0.4) is 0 Å². The van der Waals surface area contributed by atoms with E-state index in [1.807, 2.05) is 56.3 Å². The molecule has 0 aliphatic rings. The molecule has 152 valence electrons. The molecule has 1 amide bonds. The fourth-order valence-corrected chi connectivity index (χ4v) is 3.38. The van der Waals surface area contributed by atoms with Gasteiger partial charge in [0.1, 0.15) is 18.3 Å². The van der Waals surface area contributed by atoms with Crippen LogP contribution in [0.4, 0.5) is 0 Å². The van der Waals surface area contributed by atoms with E-state index in [-0.39, 0.29) is 24.1 Å². The highest BCUT2D eigenvalue weighted by Crippen LogP contribution is 2.17. The summed E-state index contributed by atoms with van der Waals surface area (Å²) in [5.74, 6) is -0.251. The van der Waals surface area contributed by atoms with E-state index in [0.29, 0.717) is 11.0 Å². The molecule has 2 heterocycles. The van der Waals surface area contributed by atoms with Crippen LogP contribution >= 0.6 is 0 Å². The maximum atomic E-state index is 12.8. The van der Waals surface area contributed by atoms with E-state index in [2.05, 4.69) is 28.4 Å². The molecule has 7 nitrogen and oxygen atoms in total. The van der Waals surface area contributed by atoms with Crippen LogP contribution in [0.1, 0.15) is 29.7 Å². The van der Waals surface area contributed by atoms with Crippen molar-refractivity contribution >= 4 is 16.9 Å². The quantitative estimate of drug-likeness (QED) is 0.557. The summed E-state index contributed by atoms with van der Waals surface area (Å²) in [6.07, 6.45) is 2.88. The average Bonchev–Trinajstić information content (AvgIpc) is 3.17. The van der Waals surface area contributed by atoms with Crippen molar-refractivity contribution in [2.24, 2.45) is 0 Å². The molecule has 0 bridgehead atoms. The standard InChI is InChI=1S/C23H23N5O2/c1-15-9-10-18(11-16(15)2)17(3)26-21(29)13-27-14-24-22-20(23(27)30)12-25-28(22)19-7-5-4-6-8-19/h4-12,14,17H,13H2,1-3H3,(H,26,29)/t17-/m1/s1. The van der Waals surface area contributed by atoms with Crippen molar-refractivity contribution in [2.75, 3.05) is 0 Å². The molecule has 0 aliphatic heterocycles. The van der Waals surface area contributed by atoms with Gasteiger partial charge in [-0.15, -0.1) is 0 Å². The number of nitrogens with zero attached hydrogens (tertiary/aromatic N) is 4. The monoisotopic (exact) mass is 401 g/mol. The highest BCUT2D eigenvalue weighted by Gasteiger charge is 2.15. The summed E-state index contributed by atoms with van der Waals surface area (Å²) in [7, 11) is 0. The number of carbonyl (C=O) groups is 1. The lowest BCUT2D eigenvalue weighted by Crippen LogP contribution is -2.34. The van der Waals surface area contributed by atoms with Crippen molar-refractivity contribution in [2.45, 2.75) is 33.4 Å². The Labute approximate surface area is 174 Å². The Bertz CT molecular complexity index is 1270. The SMILES string of the molecule is Cc1ccc([C@@H](C)NC(=O)Cn2cnc3c(cnn3-c3ccccc3)c2=O)cc1C. The molecule has 0 saturated carbocycles. The minimum atomic E-state index is -0.295. The molecule has 0 spiro atoms. The summed E-state index contributed by atoms with van der Waals surface area (Å²) < 4.78 is 2.92. The van der Waals surface area contributed by atoms with Crippen LogP contribution in [0, 0.1) is 13.8 Å². The molecule has 0 saturated heterocycles. The maximum absolute atomic E-state index is 12.8. The van der Waals surface area contributed by atoms with E-state index in [0.717, 1.165) is 11.3 Å². The summed E-state index contributed by atoms with van der Waals surface area (Å²) in [4.78, 5) is 29.8. The molecule has 4 rings (SSSR count). The first-order valence-electron chi connectivity index (χ1n) is 9.79. The first-order valence-corrected chi connectivity index (χ1v) is 9.79. The van der Waals surface area contributed by atoms with Crippen LogP contribution in [0.15, 0.2) is 65.8 Å². The van der Waals surface area contributed by atoms with Crippen molar-refractivity contribution in [1.82, 2.24) is 24.6 Å². The smallest absolute Gasteiger partial charge is 0.264 e. The number of benzene rings is 2. The van der Waals surface area contributed by atoms with Crippen LogP contribution in [0.2, 0.25) is 0 Å². The Kier molecular flexibility index (Phi) is 5.18. The molecule has 0 fully saturated rings. The zero-order valence-electron chi connectivity index (χ0n) is 17.2. The highest BCUT2D eigenvalue weighted by atomic mass is 16.2. The summed E-state index contributed by atoms with van der Waals surface area (Å²) in [6.45, 7) is 5.92. The van der Waals surface area contributed by atoms with Gasteiger partial charge in [0.25, 0.3) is 5.56 Å². The summed E-state index contributed by atoms with van der Waals surface area (Å²) in [5, 5.41) is 7.61.